The van der Waals surface area contributed by atoms with Crippen molar-refractivity contribution in [3.05, 3.63) is 0 Å². The zero-order valence-corrected chi connectivity index (χ0v) is 8.32. The summed E-state index contributed by atoms with van der Waals surface area (Å²) in [5.41, 5.74) is -0.815. The lowest BCUT2D eigenvalue weighted by molar-refractivity contribution is -0.158. The van der Waals surface area contributed by atoms with E-state index in [0.29, 0.717) is 19.3 Å². The standard InChI is InChI=1S/C10H15NO3/c1-14-9(13)10(6-3-7-11)5-2-4-8(10)12/h8,12H,2-6H2,1H3. The number of esters is 1. The van der Waals surface area contributed by atoms with Gasteiger partial charge in [0.1, 0.15) is 0 Å². The summed E-state index contributed by atoms with van der Waals surface area (Å²) in [5, 5.41) is 18.3. The molecule has 4 heteroatoms. The maximum absolute atomic E-state index is 11.6. The van der Waals surface area contributed by atoms with Gasteiger partial charge in [-0.3, -0.25) is 4.79 Å². The molecule has 0 aromatic heterocycles. The molecule has 1 rings (SSSR count). The van der Waals surface area contributed by atoms with E-state index in [1.54, 1.807) is 0 Å². The van der Waals surface area contributed by atoms with Crippen LogP contribution in [0.3, 0.4) is 0 Å². The van der Waals surface area contributed by atoms with Crippen molar-refractivity contribution in [3.63, 3.8) is 0 Å². The third-order valence-electron chi connectivity index (χ3n) is 3.01. The smallest absolute Gasteiger partial charge is 0.314 e. The monoisotopic (exact) mass is 197 g/mol. The van der Waals surface area contributed by atoms with E-state index in [4.69, 9.17) is 10.00 Å². The number of aliphatic hydroxyl groups excluding tert-OH is 1. The average Bonchev–Trinajstić information content (AvgIpc) is 2.57. The molecule has 1 aliphatic carbocycles. The number of carbonyl (C=O) groups excluding carboxylic acids is 1. The molecule has 0 saturated heterocycles. The Morgan fingerprint density at radius 2 is 2.50 bits per heavy atom. The zero-order chi connectivity index (χ0) is 10.6. The fourth-order valence-corrected chi connectivity index (χ4v) is 2.17. The van der Waals surface area contributed by atoms with Crippen LogP contribution in [0.1, 0.15) is 32.1 Å². The Kier molecular flexibility index (Phi) is 3.48. The lowest BCUT2D eigenvalue weighted by Gasteiger charge is -2.28. The summed E-state index contributed by atoms with van der Waals surface area (Å²) in [7, 11) is 1.32. The van der Waals surface area contributed by atoms with Gasteiger partial charge in [-0.05, 0) is 25.7 Å². The van der Waals surface area contributed by atoms with Crippen molar-refractivity contribution < 1.29 is 14.6 Å². The Morgan fingerprint density at radius 1 is 1.79 bits per heavy atom. The Hall–Kier alpha value is -1.08. The molecule has 1 fully saturated rings. The molecule has 0 radical (unpaired) electrons. The van der Waals surface area contributed by atoms with Gasteiger partial charge in [-0.25, -0.2) is 0 Å². The number of aliphatic hydroxyl groups is 1. The van der Waals surface area contributed by atoms with Crippen molar-refractivity contribution in [2.75, 3.05) is 7.11 Å². The van der Waals surface area contributed by atoms with E-state index in [1.807, 2.05) is 6.07 Å². The van der Waals surface area contributed by atoms with Crippen molar-refractivity contribution >= 4 is 5.97 Å². The molecule has 0 bridgehead atoms. The van der Waals surface area contributed by atoms with Crippen LogP contribution in [0.2, 0.25) is 0 Å². The summed E-state index contributed by atoms with van der Waals surface area (Å²) in [6.45, 7) is 0. The largest absolute Gasteiger partial charge is 0.469 e. The minimum atomic E-state index is -0.815. The van der Waals surface area contributed by atoms with Crippen molar-refractivity contribution in [1.82, 2.24) is 0 Å². The zero-order valence-electron chi connectivity index (χ0n) is 8.32. The highest BCUT2D eigenvalue weighted by atomic mass is 16.5. The second-order valence-electron chi connectivity index (χ2n) is 3.71. The molecule has 0 spiro atoms. The number of nitriles is 1. The molecule has 0 aliphatic heterocycles. The van der Waals surface area contributed by atoms with Gasteiger partial charge in [-0.2, -0.15) is 5.26 Å². The van der Waals surface area contributed by atoms with Crippen molar-refractivity contribution in [2.24, 2.45) is 5.41 Å². The van der Waals surface area contributed by atoms with Crippen molar-refractivity contribution in [2.45, 2.75) is 38.2 Å². The quantitative estimate of drug-likeness (QED) is 0.685. The van der Waals surface area contributed by atoms with E-state index in [9.17, 15) is 9.90 Å². The molecule has 14 heavy (non-hydrogen) atoms. The van der Waals surface area contributed by atoms with Crippen LogP contribution in [0.25, 0.3) is 0 Å². The first kappa shape index (κ1) is 11.0. The second-order valence-corrected chi connectivity index (χ2v) is 3.71. The van der Waals surface area contributed by atoms with Crippen LogP contribution < -0.4 is 0 Å². The summed E-state index contributed by atoms with van der Waals surface area (Å²) < 4.78 is 4.70. The summed E-state index contributed by atoms with van der Waals surface area (Å²) in [4.78, 5) is 11.6. The van der Waals surface area contributed by atoms with Crippen LogP contribution in [0, 0.1) is 16.7 Å². The van der Waals surface area contributed by atoms with Crippen LogP contribution in [0.4, 0.5) is 0 Å². The number of hydrogen-bond acceptors (Lipinski definition) is 4. The van der Waals surface area contributed by atoms with E-state index >= 15 is 0 Å². The molecule has 2 unspecified atom stereocenters. The minimum absolute atomic E-state index is 0.284. The molecule has 0 heterocycles. The molecular formula is C10H15NO3. The number of hydrogen-bond donors (Lipinski definition) is 1. The number of nitrogens with zero attached hydrogens (tertiary/aromatic N) is 1. The van der Waals surface area contributed by atoms with Gasteiger partial charge in [0, 0.05) is 6.42 Å². The molecule has 1 N–H and O–H groups in total. The molecule has 0 amide bonds. The maximum atomic E-state index is 11.6. The number of methoxy groups -OCH3 is 1. The van der Waals surface area contributed by atoms with Gasteiger partial charge < -0.3 is 9.84 Å². The summed E-state index contributed by atoms with van der Waals surface area (Å²) in [5.74, 6) is -0.377. The minimum Gasteiger partial charge on any atom is -0.469 e. The van der Waals surface area contributed by atoms with Gasteiger partial charge in [0.2, 0.25) is 0 Å². The van der Waals surface area contributed by atoms with Gasteiger partial charge in [0.15, 0.2) is 0 Å². The van der Waals surface area contributed by atoms with Gasteiger partial charge in [-0.1, -0.05) is 0 Å². The Bertz CT molecular complexity index is 259. The molecule has 1 aliphatic rings. The first-order chi connectivity index (χ1) is 6.67. The van der Waals surface area contributed by atoms with Crippen molar-refractivity contribution in [1.29, 1.82) is 5.26 Å². The van der Waals surface area contributed by atoms with E-state index in [-0.39, 0.29) is 12.4 Å². The molecule has 78 valence electrons. The highest BCUT2D eigenvalue weighted by Gasteiger charge is 2.48. The third kappa shape index (κ3) is 1.73. The molecule has 1 saturated carbocycles. The molecule has 2 atom stereocenters. The van der Waals surface area contributed by atoms with Crippen LogP contribution in [-0.4, -0.2) is 24.3 Å². The van der Waals surface area contributed by atoms with Gasteiger partial charge in [0.05, 0.1) is 24.7 Å². The SMILES string of the molecule is COC(=O)C1(CCC#N)CCCC1O. The highest BCUT2D eigenvalue weighted by Crippen LogP contribution is 2.43. The first-order valence-electron chi connectivity index (χ1n) is 4.81. The molecular weight excluding hydrogens is 182 g/mol. The Morgan fingerprint density at radius 3 is 2.93 bits per heavy atom. The van der Waals surface area contributed by atoms with Crippen LogP contribution in [-0.2, 0) is 9.53 Å². The van der Waals surface area contributed by atoms with Crippen molar-refractivity contribution in [3.8, 4) is 6.07 Å². The van der Waals surface area contributed by atoms with Gasteiger partial charge in [0.25, 0.3) is 0 Å². The first-order valence-corrected chi connectivity index (χ1v) is 4.81. The summed E-state index contributed by atoms with van der Waals surface area (Å²) in [6.07, 6.45) is 2.11. The number of rotatable bonds is 3. The van der Waals surface area contributed by atoms with E-state index < -0.39 is 11.5 Å². The average molecular weight is 197 g/mol. The van der Waals surface area contributed by atoms with Crippen LogP contribution in [0.15, 0.2) is 0 Å². The number of ether oxygens (including phenoxy) is 1. The predicted octanol–water partition coefficient (Wildman–Crippen LogP) is 0.994. The van der Waals surface area contributed by atoms with Gasteiger partial charge >= 0.3 is 5.97 Å². The van der Waals surface area contributed by atoms with E-state index in [0.717, 1.165) is 6.42 Å². The normalized spacial score (nSPS) is 31.1. The fraction of sp³-hybridized carbons (Fsp3) is 0.800. The Labute approximate surface area is 83.5 Å². The van der Waals surface area contributed by atoms with Crippen LogP contribution >= 0.6 is 0 Å². The van der Waals surface area contributed by atoms with Crippen LogP contribution in [0.5, 0.6) is 0 Å². The van der Waals surface area contributed by atoms with E-state index in [2.05, 4.69) is 0 Å². The lowest BCUT2D eigenvalue weighted by atomic mass is 9.80. The summed E-state index contributed by atoms with van der Waals surface area (Å²) in [6, 6.07) is 2.00. The lowest BCUT2D eigenvalue weighted by Crippen LogP contribution is -2.39. The van der Waals surface area contributed by atoms with Gasteiger partial charge in [-0.15, -0.1) is 0 Å². The fourth-order valence-electron chi connectivity index (χ4n) is 2.17. The highest BCUT2D eigenvalue weighted by molar-refractivity contribution is 5.78. The maximum Gasteiger partial charge on any atom is 0.314 e. The second kappa shape index (κ2) is 4.43. The molecule has 4 nitrogen and oxygen atoms in total. The topological polar surface area (TPSA) is 70.3 Å². The summed E-state index contributed by atoms with van der Waals surface area (Å²) >= 11 is 0. The molecule has 0 aromatic carbocycles. The number of carbonyl (C=O) groups is 1. The predicted molar refractivity (Wildman–Crippen MR) is 49.2 cm³/mol. The molecule has 0 aromatic rings. The van der Waals surface area contributed by atoms with E-state index in [1.165, 1.54) is 7.11 Å². The third-order valence-corrected chi connectivity index (χ3v) is 3.01. The Balaban J connectivity index is 2.79.